The van der Waals surface area contributed by atoms with Gasteiger partial charge in [0.2, 0.25) is 0 Å². The first kappa shape index (κ1) is 7.81. The van der Waals surface area contributed by atoms with Crippen LogP contribution in [-0.2, 0) is 0 Å². The zero-order valence-corrected chi connectivity index (χ0v) is 6.46. The molecule has 0 spiro atoms. The van der Waals surface area contributed by atoms with Crippen LogP contribution in [0.2, 0.25) is 0 Å². The second-order valence-corrected chi connectivity index (χ2v) is 0.972. The smallest absolute Gasteiger partial charge is 0.296 e. The minimum absolute atomic E-state index is 0. The maximum atomic E-state index is 10.1. The van der Waals surface area contributed by atoms with E-state index in [1.807, 2.05) is 0 Å². The number of nitrogens with one attached hydrogen (secondary N) is 1. The van der Waals surface area contributed by atoms with Crippen LogP contribution in [0.25, 0.3) is 0 Å². The second-order valence-electron chi connectivity index (χ2n) is 0.972. The Bertz CT molecular complexity index is 180. The first-order valence-corrected chi connectivity index (χ1v) is 1.74. The summed E-state index contributed by atoms with van der Waals surface area (Å²) in [6.45, 7) is 0. The van der Waals surface area contributed by atoms with Crippen LogP contribution in [0, 0.1) is 0 Å². The Morgan fingerprint density at radius 1 is 1.62 bits per heavy atom. The van der Waals surface area contributed by atoms with E-state index in [2.05, 4.69) is 15.0 Å². The quantitative estimate of drug-likeness (QED) is 0.437. The number of hydrogen-bond acceptors (Lipinski definition) is 3. The zero-order valence-electron chi connectivity index (χ0n) is 4.46. The van der Waals surface area contributed by atoms with E-state index in [0.29, 0.717) is 0 Å². The van der Waals surface area contributed by atoms with Gasteiger partial charge in [-0.15, -0.1) is 0 Å². The Morgan fingerprint density at radius 3 is 2.62 bits per heavy atom. The maximum absolute atomic E-state index is 10.1. The van der Waals surface area contributed by atoms with Gasteiger partial charge in [0, 0.05) is 29.6 Å². The third-order valence-corrected chi connectivity index (χ3v) is 0.504. The molecule has 37 valence electrons. The van der Waals surface area contributed by atoms with E-state index in [0.717, 1.165) is 0 Å². The van der Waals surface area contributed by atoms with Crippen LogP contribution < -0.4 is 5.69 Å². The average Bonchev–Trinajstić information content (AvgIpc) is 1.69. The van der Waals surface area contributed by atoms with Crippen molar-refractivity contribution in [2.24, 2.45) is 0 Å². The normalized spacial score (nSPS) is 7.50. The van der Waals surface area contributed by atoms with Gasteiger partial charge in [-0.3, -0.25) is 4.98 Å². The minimum atomic E-state index is -0.366. The van der Waals surface area contributed by atoms with Crippen LogP contribution in [0.15, 0.2) is 17.4 Å². The van der Waals surface area contributed by atoms with Crippen molar-refractivity contribution < 1.29 is 0 Å². The van der Waals surface area contributed by atoms with Crippen molar-refractivity contribution in [1.82, 2.24) is 15.0 Å². The molecule has 0 amide bonds. The fraction of sp³-hybridized carbons (Fsp3) is 0. The molecule has 1 aromatic rings. The van der Waals surface area contributed by atoms with Gasteiger partial charge in [-0.1, -0.05) is 0 Å². The van der Waals surface area contributed by atoms with Gasteiger partial charge in [-0.25, -0.2) is 9.78 Å². The molecule has 8 heavy (non-hydrogen) atoms. The molecule has 5 heteroatoms. The third kappa shape index (κ3) is 2.20. The Labute approximate surface area is 67.7 Å². The first-order chi connectivity index (χ1) is 3.39. The molecule has 0 fully saturated rings. The van der Waals surface area contributed by atoms with Crippen molar-refractivity contribution in [2.75, 3.05) is 0 Å². The van der Waals surface area contributed by atoms with Crippen molar-refractivity contribution in [3.8, 4) is 0 Å². The van der Waals surface area contributed by atoms with Gasteiger partial charge in [0.15, 0.2) is 0 Å². The van der Waals surface area contributed by atoms with Crippen molar-refractivity contribution in [2.45, 2.75) is 0 Å². The SMILES string of the molecule is O=c1ncnc[nH]1.[Na]. The molecule has 0 unspecified atom stereocenters. The zero-order chi connectivity index (χ0) is 5.11. The number of hydrogen-bond donors (Lipinski definition) is 1. The summed E-state index contributed by atoms with van der Waals surface area (Å²) in [7, 11) is 0. The first-order valence-electron chi connectivity index (χ1n) is 1.74. The molecular weight excluding hydrogens is 117 g/mol. The average molecular weight is 120 g/mol. The van der Waals surface area contributed by atoms with Crippen molar-refractivity contribution >= 4 is 29.6 Å². The van der Waals surface area contributed by atoms with Crippen molar-refractivity contribution in [3.05, 3.63) is 23.1 Å². The molecule has 0 bridgehead atoms. The number of nitrogens with zero attached hydrogens (tertiary/aromatic N) is 2. The van der Waals surface area contributed by atoms with E-state index in [1.165, 1.54) is 12.7 Å². The van der Waals surface area contributed by atoms with Crippen LogP contribution in [0.5, 0.6) is 0 Å². The van der Waals surface area contributed by atoms with Gasteiger partial charge in [0.1, 0.15) is 6.33 Å². The molecule has 1 N–H and O–H groups in total. The summed E-state index contributed by atoms with van der Waals surface area (Å²) >= 11 is 0. The van der Waals surface area contributed by atoms with Gasteiger partial charge in [0.25, 0.3) is 0 Å². The van der Waals surface area contributed by atoms with Crippen molar-refractivity contribution in [3.63, 3.8) is 0 Å². The van der Waals surface area contributed by atoms with Gasteiger partial charge in [-0.2, -0.15) is 4.98 Å². The molecule has 0 aromatic carbocycles. The summed E-state index contributed by atoms with van der Waals surface area (Å²) in [4.78, 5) is 19.1. The Morgan fingerprint density at radius 2 is 2.38 bits per heavy atom. The number of rotatable bonds is 0. The molecule has 0 saturated heterocycles. The largest absolute Gasteiger partial charge is 0.347 e. The molecule has 1 rings (SSSR count). The molecule has 0 aliphatic heterocycles. The van der Waals surface area contributed by atoms with E-state index >= 15 is 0 Å². The molecule has 1 heterocycles. The summed E-state index contributed by atoms with van der Waals surface area (Å²) in [6, 6.07) is 0. The molecule has 1 aromatic heterocycles. The standard InChI is InChI=1S/C3H3N3O.Na/c7-3-5-1-4-2-6-3;/h1-2H,(H,4,5,6,7);. The molecule has 0 aliphatic rings. The van der Waals surface area contributed by atoms with Crippen LogP contribution in [0.4, 0.5) is 0 Å². The molecule has 1 radical (unpaired) electrons. The molecular formula is C3H3N3NaO. The predicted molar refractivity (Wildman–Crippen MR) is 28.4 cm³/mol. The van der Waals surface area contributed by atoms with E-state index < -0.39 is 0 Å². The van der Waals surface area contributed by atoms with Gasteiger partial charge in [0.05, 0.1) is 6.33 Å². The molecule has 4 nitrogen and oxygen atoms in total. The summed E-state index contributed by atoms with van der Waals surface area (Å²) in [6.07, 6.45) is 2.48. The predicted octanol–water partition coefficient (Wildman–Crippen LogP) is -1.22. The van der Waals surface area contributed by atoms with E-state index in [4.69, 9.17) is 0 Å². The van der Waals surface area contributed by atoms with E-state index in [1.54, 1.807) is 0 Å². The number of H-pyrrole nitrogens is 1. The van der Waals surface area contributed by atoms with Gasteiger partial charge < -0.3 is 0 Å². The fourth-order valence-electron chi connectivity index (χ4n) is 0.249. The van der Waals surface area contributed by atoms with Gasteiger partial charge in [-0.05, 0) is 0 Å². The minimum Gasteiger partial charge on any atom is -0.296 e. The van der Waals surface area contributed by atoms with Crippen LogP contribution in [0.3, 0.4) is 0 Å². The Kier molecular flexibility index (Phi) is 3.68. The molecule has 0 saturated carbocycles. The Balaban J connectivity index is 0.000000490. The van der Waals surface area contributed by atoms with Crippen LogP contribution >= 0.6 is 0 Å². The third-order valence-electron chi connectivity index (χ3n) is 0.504. The van der Waals surface area contributed by atoms with E-state index in [-0.39, 0.29) is 35.2 Å². The van der Waals surface area contributed by atoms with Crippen molar-refractivity contribution in [1.29, 1.82) is 0 Å². The summed E-state index contributed by atoms with van der Waals surface area (Å²) < 4.78 is 0. The monoisotopic (exact) mass is 120 g/mol. The topological polar surface area (TPSA) is 58.6 Å². The second kappa shape index (κ2) is 3.77. The number of aromatic amines is 1. The number of aromatic nitrogens is 3. The van der Waals surface area contributed by atoms with Gasteiger partial charge >= 0.3 is 5.69 Å². The summed E-state index contributed by atoms with van der Waals surface area (Å²) in [5, 5.41) is 0. The summed E-state index contributed by atoms with van der Waals surface area (Å²) in [5.41, 5.74) is -0.366. The van der Waals surface area contributed by atoms with Crippen LogP contribution in [-0.4, -0.2) is 44.5 Å². The molecule has 0 aliphatic carbocycles. The maximum Gasteiger partial charge on any atom is 0.347 e. The summed E-state index contributed by atoms with van der Waals surface area (Å²) in [5.74, 6) is 0. The van der Waals surface area contributed by atoms with E-state index in [9.17, 15) is 4.79 Å². The van der Waals surface area contributed by atoms with Crippen LogP contribution in [0.1, 0.15) is 0 Å². The Hall–Kier alpha value is -0.190. The fourth-order valence-corrected chi connectivity index (χ4v) is 0.249. The molecule has 0 atom stereocenters.